The van der Waals surface area contributed by atoms with Crippen LogP contribution < -0.4 is 21.7 Å². The number of nitrogens with one attached hydrogen (secondary N) is 3. The van der Waals surface area contributed by atoms with E-state index in [1.807, 2.05) is 6.92 Å². The fraction of sp³-hybridized carbons (Fsp3) is 1.00. The van der Waals surface area contributed by atoms with Gasteiger partial charge in [-0.25, -0.2) is 0 Å². The van der Waals surface area contributed by atoms with Gasteiger partial charge >= 0.3 is 0 Å². The summed E-state index contributed by atoms with van der Waals surface area (Å²) in [7, 11) is 0. The van der Waals surface area contributed by atoms with Crippen LogP contribution >= 0.6 is 0 Å². The SMILES string of the molecule is CC(N)CNC(C)CNC1CC(C)(C)NC(C)(C)C1. The molecule has 1 aliphatic heterocycles. The summed E-state index contributed by atoms with van der Waals surface area (Å²) in [5.74, 6) is 0. The van der Waals surface area contributed by atoms with E-state index in [0.29, 0.717) is 12.1 Å². The van der Waals surface area contributed by atoms with Crippen molar-refractivity contribution in [3.05, 3.63) is 0 Å². The molecule has 0 amide bonds. The van der Waals surface area contributed by atoms with Crippen LogP contribution in [0.15, 0.2) is 0 Å². The smallest absolute Gasteiger partial charge is 0.0164 e. The molecule has 2 unspecified atom stereocenters. The van der Waals surface area contributed by atoms with Crippen molar-refractivity contribution in [1.82, 2.24) is 16.0 Å². The van der Waals surface area contributed by atoms with E-state index in [0.717, 1.165) is 13.1 Å². The molecule has 19 heavy (non-hydrogen) atoms. The average molecular weight is 270 g/mol. The second-order valence-electron chi connectivity index (χ2n) is 7.69. The summed E-state index contributed by atoms with van der Waals surface area (Å²) in [6.07, 6.45) is 2.35. The Morgan fingerprint density at radius 3 is 2.11 bits per heavy atom. The zero-order chi connectivity index (χ0) is 14.7. The zero-order valence-electron chi connectivity index (χ0n) is 13.6. The van der Waals surface area contributed by atoms with E-state index in [-0.39, 0.29) is 17.1 Å². The molecule has 0 aliphatic carbocycles. The molecule has 0 aromatic carbocycles. The fourth-order valence-electron chi connectivity index (χ4n) is 3.27. The molecule has 1 aliphatic rings. The highest BCUT2D eigenvalue weighted by atomic mass is 15.1. The van der Waals surface area contributed by atoms with Crippen molar-refractivity contribution in [2.24, 2.45) is 5.73 Å². The third-order valence-corrected chi connectivity index (χ3v) is 3.69. The maximum Gasteiger partial charge on any atom is 0.0164 e. The van der Waals surface area contributed by atoms with E-state index >= 15 is 0 Å². The van der Waals surface area contributed by atoms with Crippen LogP contribution in [0.25, 0.3) is 0 Å². The highest BCUT2D eigenvalue weighted by Gasteiger charge is 2.37. The van der Waals surface area contributed by atoms with Gasteiger partial charge in [-0.05, 0) is 54.4 Å². The number of hydrogen-bond donors (Lipinski definition) is 4. The monoisotopic (exact) mass is 270 g/mol. The van der Waals surface area contributed by atoms with Crippen molar-refractivity contribution in [2.75, 3.05) is 13.1 Å². The molecular weight excluding hydrogens is 236 g/mol. The summed E-state index contributed by atoms with van der Waals surface area (Å²) >= 11 is 0. The molecule has 0 aromatic heterocycles. The van der Waals surface area contributed by atoms with E-state index < -0.39 is 0 Å². The number of piperidine rings is 1. The van der Waals surface area contributed by atoms with Crippen molar-refractivity contribution in [3.63, 3.8) is 0 Å². The molecule has 2 atom stereocenters. The minimum atomic E-state index is 0.210. The lowest BCUT2D eigenvalue weighted by Crippen LogP contribution is -2.62. The summed E-state index contributed by atoms with van der Waals surface area (Å²) in [6.45, 7) is 15.3. The van der Waals surface area contributed by atoms with Crippen molar-refractivity contribution >= 4 is 0 Å². The van der Waals surface area contributed by atoms with E-state index in [2.05, 4.69) is 50.6 Å². The van der Waals surface area contributed by atoms with Crippen LogP contribution in [-0.2, 0) is 0 Å². The standard InChI is InChI=1S/C15H34N4/c1-11(16)9-17-12(2)10-18-13-7-14(3,4)19-15(5,6)8-13/h11-13,17-19H,7-10,16H2,1-6H3. The minimum Gasteiger partial charge on any atom is -0.327 e. The van der Waals surface area contributed by atoms with Gasteiger partial charge in [-0.1, -0.05) is 0 Å². The first-order valence-electron chi connectivity index (χ1n) is 7.61. The van der Waals surface area contributed by atoms with Gasteiger partial charge in [0, 0.05) is 42.3 Å². The molecule has 5 N–H and O–H groups in total. The lowest BCUT2D eigenvalue weighted by Gasteiger charge is -2.47. The van der Waals surface area contributed by atoms with Gasteiger partial charge in [-0.2, -0.15) is 0 Å². The number of rotatable bonds is 6. The first-order valence-corrected chi connectivity index (χ1v) is 7.61. The Hall–Kier alpha value is -0.160. The van der Waals surface area contributed by atoms with E-state index in [1.165, 1.54) is 12.8 Å². The Bertz CT molecular complexity index is 257. The van der Waals surface area contributed by atoms with Gasteiger partial charge in [0.25, 0.3) is 0 Å². The highest BCUT2D eigenvalue weighted by molar-refractivity contribution is 4.99. The van der Waals surface area contributed by atoms with Crippen LogP contribution in [0.2, 0.25) is 0 Å². The van der Waals surface area contributed by atoms with Crippen LogP contribution in [0.4, 0.5) is 0 Å². The van der Waals surface area contributed by atoms with Crippen LogP contribution in [0.5, 0.6) is 0 Å². The van der Waals surface area contributed by atoms with Gasteiger partial charge in [0.1, 0.15) is 0 Å². The maximum absolute atomic E-state index is 5.76. The second-order valence-corrected chi connectivity index (χ2v) is 7.69. The summed E-state index contributed by atoms with van der Waals surface area (Å²) in [6, 6.07) is 1.28. The van der Waals surface area contributed by atoms with Gasteiger partial charge in [-0.3, -0.25) is 0 Å². The van der Waals surface area contributed by atoms with Crippen molar-refractivity contribution < 1.29 is 0 Å². The topological polar surface area (TPSA) is 62.1 Å². The lowest BCUT2D eigenvalue weighted by molar-refractivity contribution is 0.145. The predicted molar refractivity (Wildman–Crippen MR) is 83.4 cm³/mol. The van der Waals surface area contributed by atoms with Gasteiger partial charge in [-0.15, -0.1) is 0 Å². The number of hydrogen-bond acceptors (Lipinski definition) is 4. The maximum atomic E-state index is 5.76. The van der Waals surface area contributed by atoms with Crippen LogP contribution in [0.1, 0.15) is 54.4 Å². The predicted octanol–water partition coefficient (Wildman–Crippen LogP) is 1.21. The summed E-state index contributed by atoms with van der Waals surface area (Å²) < 4.78 is 0. The van der Waals surface area contributed by atoms with Crippen LogP contribution in [0.3, 0.4) is 0 Å². The summed E-state index contributed by atoms with van der Waals surface area (Å²) in [5.41, 5.74) is 6.18. The quantitative estimate of drug-likeness (QED) is 0.586. The number of nitrogens with two attached hydrogens (primary N) is 1. The molecule has 1 rings (SSSR count). The van der Waals surface area contributed by atoms with Gasteiger partial charge in [0.2, 0.25) is 0 Å². The van der Waals surface area contributed by atoms with E-state index in [9.17, 15) is 0 Å². The Labute approximate surface area is 119 Å². The molecule has 1 heterocycles. The molecule has 0 spiro atoms. The zero-order valence-corrected chi connectivity index (χ0v) is 13.6. The Morgan fingerprint density at radius 1 is 1.11 bits per heavy atom. The van der Waals surface area contributed by atoms with Crippen LogP contribution in [0, 0.1) is 0 Å². The largest absolute Gasteiger partial charge is 0.327 e. The lowest BCUT2D eigenvalue weighted by atomic mass is 9.79. The van der Waals surface area contributed by atoms with E-state index in [1.54, 1.807) is 0 Å². The molecule has 114 valence electrons. The van der Waals surface area contributed by atoms with Crippen LogP contribution in [-0.4, -0.2) is 42.3 Å². The van der Waals surface area contributed by atoms with Gasteiger partial charge < -0.3 is 21.7 Å². The molecule has 0 bridgehead atoms. The van der Waals surface area contributed by atoms with E-state index in [4.69, 9.17) is 5.73 Å². The minimum absolute atomic E-state index is 0.210. The molecule has 1 fully saturated rings. The molecule has 4 nitrogen and oxygen atoms in total. The molecule has 1 saturated heterocycles. The fourth-order valence-corrected chi connectivity index (χ4v) is 3.27. The van der Waals surface area contributed by atoms with Gasteiger partial charge in [0.15, 0.2) is 0 Å². The molecular formula is C15H34N4. The van der Waals surface area contributed by atoms with Gasteiger partial charge in [0.05, 0.1) is 0 Å². The Balaban J connectivity index is 2.36. The Morgan fingerprint density at radius 2 is 1.63 bits per heavy atom. The first-order chi connectivity index (χ1) is 8.60. The third-order valence-electron chi connectivity index (χ3n) is 3.69. The summed E-state index contributed by atoms with van der Waals surface area (Å²) in [5, 5.41) is 10.9. The first kappa shape index (κ1) is 16.9. The normalized spacial score (nSPS) is 26.1. The second kappa shape index (κ2) is 6.53. The van der Waals surface area contributed by atoms with Crippen molar-refractivity contribution in [3.8, 4) is 0 Å². The average Bonchev–Trinajstić information content (AvgIpc) is 2.19. The molecule has 0 aromatic rings. The summed E-state index contributed by atoms with van der Waals surface area (Å²) in [4.78, 5) is 0. The Kier molecular flexibility index (Phi) is 5.80. The third kappa shape index (κ3) is 6.70. The molecule has 4 heteroatoms. The highest BCUT2D eigenvalue weighted by Crippen LogP contribution is 2.28. The van der Waals surface area contributed by atoms with Crippen molar-refractivity contribution in [2.45, 2.75) is 83.6 Å². The van der Waals surface area contributed by atoms with Crippen molar-refractivity contribution in [1.29, 1.82) is 0 Å². The molecule has 0 radical (unpaired) electrons. The molecule has 0 saturated carbocycles.